The van der Waals surface area contributed by atoms with Crippen LogP contribution in [0.5, 0.6) is 0 Å². The molecule has 1 aliphatic heterocycles. The molecule has 0 amide bonds. The zero-order valence-corrected chi connectivity index (χ0v) is 13.3. The summed E-state index contributed by atoms with van der Waals surface area (Å²) in [6.45, 7) is 0. The van der Waals surface area contributed by atoms with E-state index in [0.717, 1.165) is 5.56 Å². The Hall–Kier alpha value is -2.30. The van der Waals surface area contributed by atoms with E-state index in [9.17, 15) is 4.79 Å². The minimum atomic E-state index is -1.36. The van der Waals surface area contributed by atoms with Gasteiger partial charge in [-0.3, -0.25) is 4.99 Å². The average molecular weight is 348 g/mol. The fourth-order valence-electron chi connectivity index (χ4n) is 2.43. The summed E-state index contributed by atoms with van der Waals surface area (Å²) in [7, 11) is 0. The summed E-state index contributed by atoms with van der Waals surface area (Å²) in [5.74, 6) is 0. The van der Waals surface area contributed by atoms with Crippen LogP contribution in [0.4, 0.5) is 4.79 Å². The summed E-state index contributed by atoms with van der Waals surface area (Å²) in [6, 6.07) is 12.4. The summed E-state index contributed by atoms with van der Waals surface area (Å²) in [5, 5.41) is 9.98. The number of hydrogen-bond acceptors (Lipinski definition) is 3. The Morgan fingerprint density at radius 3 is 2.65 bits per heavy atom. The number of hydrogen-bond donors (Lipinski definition) is 1. The number of aliphatic imine (C=N–C) groups is 1. The Morgan fingerprint density at radius 2 is 1.91 bits per heavy atom. The summed E-state index contributed by atoms with van der Waals surface area (Å²) in [6.07, 6.45) is 0.968. The van der Waals surface area contributed by atoms with E-state index in [4.69, 9.17) is 33.0 Å². The van der Waals surface area contributed by atoms with Crippen molar-refractivity contribution in [3.8, 4) is 0 Å². The van der Waals surface area contributed by atoms with Crippen molar-refractivity contribution in [1.82, 2.24) is 0 Å². The fraction of sp³-hybridized carbons (Fsp3) is 0.0588. The molecule has 1 aliphatic rings. The summed E-state index contributed by atoms with van der Waals surface area (Å²) in [4.78, 5) is 15.3. The van der Waals surface area contributed by atoms with Crippen molar-refractivity contribution >= 4 is 35.1 Å². The molecule has 6 heteroatoms. The van der Waals surface area contributed by atoms with Gasteiger partial charge in [0.15, 0.2) is 6.10 Å². The molecule has 1 atom stereocenters. The molecule has 0 aromatic heterocycles. The second-order valence-electron chi connectivity index (χ2n) is 4.84. The van der Waals surface area contributed by atoms with E-state index < -0.39 is 12.3 Å². The zero-order valence-electron chi connectivity index (χ0n) is 11.7. The molecule has 1 unspecified atom stereocenters. The Balaban J connectivity index is 2.18. The number of benzene rings is 2. The first-order valence-corrected chi connectivity index (χ1v) is 7.50. The maximum absolute atomic E-state index is 10.9. The third-order valence-corrected chi connectivity index (χ3v) is 3.96. The van der Waals surface area contributed by atoms with E-state index in [1.54, 1.807) is 30.3 Å². The maximum Gasteiger partial charge on any atom is 0.506 e. The highest BCUT2D eigenvalue weighted by Gasteiger charge is 2.23. The summed E-state index contributed by atoms with van der Waals surface area (Å²) >= 11 is 12.4. The van der Waals surface area contributed by atoms with Gasteiger partial charge in [0, 0.05) is 32.9 Å². The average Bonchev–Trinajstić information content (AvgIpc) is 2.67. The van der Waals surface area contributed by atoms with Crippen LogP contribution < -0.4 is 0 Å². The molecule has 0 spiro atoms. The number of halogens is 2. The Kier molecular flexibility index (Phi) is 4.37. The van der Waals surface area contributed by atoms with E-state index in [1.807, 2.05) is 18.2 Å². The quantitative estimate of drug-likeness (QED) is 0.769. The molecule has 0 bridgehead atoms. The van der Waals surface area contributed by atoms with Crippen LogP contribution in [0.15, 0.2) is 59.7 Å². The first-order chi connectivity index (χ1) is 11.1. The smallest absolute Gasteiger partial charge is 0.450 e. The molecule has 2 aromatic carbocycles. The topological polar surface area (TPSA) is 58.9 Å². The van der Waals surface area contributed by atoms with Crippen molar-refractivity contribution in [2.75, 3.05) is 0 Å². The Labute approximate surface area is 142 Å². The Bertz CT molecular complexity index is 830. The predicted octanol–water partition coefficient (Wildman–Crippen LogP) is 5.09. The molecule has 1 N–H and O–H groups in total. The molecular formula is C17H11Cl2NO3. The minimum Gasteiger partial charge on any atom is -0.450 e. The van der Waals surface area contributed by atoms with Gasteiger partial charge in [0.2, 0.25) is 0 Å². The van der Waals surface area contributed by atoms with Crippen molar-refractivity contribution in [1.29, 1.82) is 0 Å². The predicted molar refractivity (Wildman–Crippen MR) is 89.5 cm³/mol. The van der Waals surface area contributed by atoms with Crippen LogP contribution in [0.2, 0.25) is 10.0 Å². The van der Waals surface area contributed by atoms with Gasteiger partial charge in [0.25, 0.3) is 0 Å². The minimum absolute atomic E-state index is 0.513. The SMILES string of the molecule is O=C(O)OC1C=CN=C(c2ccccc2Cl)c2cc(Cl)ccc21. The van der Waals surface area contributed by atoms with Gasteiger partial charge >= 0.3 is 6.16 Å². The second kappa shape index (κ2) is 6.44. The molecule has 0 radical (unpaired) electrons. The largest absolute Gasteiger partial charge is 0.506 e. The van der Waals surface area contributed by atoms with Crippen LogP contribution in [0, 0.1) is 0 Å². The van der Waals surface area contributed by atoms with Crippen LogP contribution in [0.3, 0.4) is 0 Å². The van der Waals surface area contributed by atoms with Crippen LogP contribution in [0.1, 0.15) is 22.8 Å². The lowest BCUT2D eigenvalue weighted by atomic mass is 9.95. The van der Waals surface area contributed by atoms with Crippen LogP contribution in [0.25, 0.3) is 0 Å². The lowest BCUT2D eigenvalue weighted by Crippen LogP contribution is -2.12. The molecule has 0 fully saturated rings. The van der Waals surface area contributed by atoms with Crippen LogP contribution >= 0.6 is 23.2 Å². The number of carboxylic acid groups (broad SMARTS) is 1. The van der Waals surface area contributed by atoms with Crippen LogP contribution in [-0.4, -0.2) is 17.0 Å². The highest BCUT2D eigenvalue weighted by molar-refractivity contribution is 6.36. The van der Waals surface area contributed by atoms with Crippen molar-refractivity contribution < 1.29 is 14.6 Å². The monoisotopic (exact) mass is 347 g/mol. The van der Waals surface area contributed by atoms with Gasteiger partial charge in [-0.25, -0.2) is 4.79 Å². The number of fused-ring (bicyclic) bond motifs is 1. The number of ether oxygens (including phenoxy) is 1. The maximum atomic E-state index is 10.9. The van der Waals surface area contributed by atoms with E-state index in [0.29, 0.717) is 26.9 Å². The van der Waals surface area contributed by atoms with Crippen molar-refractivity contribution in [3.63, 3.8) is 0 Å². The third-order valence-electron chi connectivity index (χ3n) is 3.40. The fourth-order valence-corrected chi connectivity index (χ4v) is 2.83. The molecule has 1 heterocycles. The lowest BCUT2D eigenvalue weighted by molar-refractivity contribution is 0.0689. The normalized spacial score (nSPS) is 16.3. The van der Waals surface area contributed by atoms with Gasteiger partial charge in [-0.05, 0) is 24.3 Å². The van der Waals surface area contributed by atoms with Gasteiger partial charge in [-0.1, -0.05) is 47.5 Å². The summed E-state index contributed by atoms with van der Waals surface area (Å²) in [5.41, 5.74) is 2.69. The number of rotatable bonds is 2. The lowest BCUT2D eigenvalue weighted by Gasteiger charge is -2.16. The summed E-state index contributed by atoms with van der Waals surface area (Å²) < 4.78 is 4.93. The molecule has 0 saturated carbocycles. The molecule has 0 saturated heterocycles. The Morgan fingerprint density at radius 1 is 1.13 bits per heavy atom. The van der Waals surface area contributed by atoms with E-state index in [-0.39, 0.29) is 0 Å². The molecule has 4 nitrogen and oxygen atoms in total. The van der Waals surface area contributed by atoms with Gasteiger partial charge in [0.1, 0.15) is 0 Å². The number of carbonyl (C=O) groups is 1. The van der Waals surface area contributed by atoms with Crippen molar-refractivity contribution in [2.45, 2.75) is 6.10 Å². The molecule has 3 rings (SSSR count). The molecule has 23 heavy (non-hydrogen) atoms. The van der Waals surface area contributed by atoms with Gasteiger partial charge < -0.3 is 9.84 Å². The van der Waals surface area contributed by atoms with Crippen molar-refractivity contribution in [2.24, 2.45) is 4.99 Å². The van der Waals surface area contributed by atoms with Gasteiger partial charge in [0.05, 0.1) is 5.71 Å². The zero-order chi connectivity index (χ0) is 16.4. The standard InChI is InChI=1S/C17H11Cl2NO3/c18-10-5-6-11-13(9-10)16(12-3-1-2-4-14(12)19)20-8-7-15(11)23-17(21)22/h1-9,15H,(H,21,22). The second-order valence-corrected chi connectivity index (χ2v) is 5.68. The highest BCUT2D eigenvalue weighted by atomic mass is 35.5. The molecule has 2 aromatic rings. The van der Waals surface area contributed by atoms with E-state index >= 15 is 0 Å². The number of nitrogens with zero attached hydrogens (tertiary/aromatic N) is 1. The van der Waals surface area contributed by atoms with Crippen molar-refractivity contribution in [3.05, 3.63) is 81.5 Å². The van der Waals surface area contributed by atoms with Gasteiger partial charge in [-0.15, -0.1) is 0 Å². The first-order valence-electron chi connectivity index (χ1n) is 6.75. The van der Waals surface area contributed by atoms with Gasteiger partial charge in [-0.2, -0.15) is 0 Å². The first kappa shape index (κ1) is 15.6. The van der Waals surface area contributed by atoms with Crippen LogP contribution in [-0.2, 0) is 4.74 Å². The molecule has 0 aliphatic carbocycles. The molecular weight excluding hydrogens is 337 g/mol. The third kappa shape index (κ3) is 3.23. The molecule has 116 valence electrons. The van der Waals surface area contributed by atoms with E-state index in [1.165, 1.54) is 6.20 Å². The van der Waals surface area contributed by atoms with E-state index in [2.05, 4.69) is 4.99 Å². The highest BCUT2D eigenvalue weighted by Crippen LogP contribution is 2.32.